The number of thiophene rings is 1. The van der Waals surface area contributed by atoms with E-state index in [0.29, 0.717) is 5.96 Å². The predicted octanol–water partition coefficient (Wildman–Crippen LogP) is 2.09. The lowest BCUT2D eigenvalue weighted by molar-refractivity contribution is 0.00530. The highest BCUT2D eigenvalue weighted by Crippen LogP contribution is 2.22. The van der Waals surface area contributed by atoms with Crippen LogP contribution in [0.1, 0.15) is 11.8 Å². The fourth-order valence-corrected chi connectivity index (χ4v) is 3.37. The first-order chi connectivity index (χ1) is 8.65. The number of ether oxygens (including phenoxy) is 1. The molecular formula is C12H18BrN3OS. The van der Waals surface area contributed by atoms with Gasteiger partial charge in [-0.05, 0) is 35.0 Å². The molecule has 1 aromatic rings. The Hall–Kier alpha value is -0.590. The number of hydrogen-bond donors (Lipinski definition) is 1. The van der Waals surface area contributed by atoms with Crippen molar-refractivity contribution in [3.63, 3.8) is 0 Å². The van der Waals surface area contributed by atoms with Gasteiger partial charge < -0.3 is 15.4 Å². The van der Waals surface area contributed by atoms with Crippen molar-refractivity contribution in [1.82, 2.24) is 4.90 Å². The second-order valence-corrected chi connectivity index (χ2v) is 6.87. The lowest BCUT2D eigenvalue weighted by atomic mass is 10.3. The summed E-state index contributed by atoms with van der Waals surface area (Å²) in [6, 6.07) is 4.19. The molecule has 2 rings (SSSR count). The summed E-state index contributed by atoms with van der Waals surface area (Å²) >= 11 is 5.21. The third-order valence-corrected chi connectivity index (χ3v) is 4.51. The second kappa shape index (κ2) is 6.54. The minimum absolute atomic E-state index is 0.237. The van der Waals surface area contributed by atoms with E-state index < -0.39 is 0 Å². The van der Waals surface area contributed by atoms with E-state index in [4.69, 9.17) is 10.5 Å². The predicted molar refractivity (Wildman–Crippen MR) is 79.2 cm³/mol. The number of nitrogens with two attached hydrogens (primary N) is 1. The first kappa shape index (κ1) is 13.8. The highest BCUT2D eigenvalue weighted by molar-refractivity contribution is 9.11. The largest absolute Gasteiger partial charge is 0.375 e. The van der Waals surface area contributed by atoms with E-state index in [-0.39, 0.29) is 6.10 Å². The standard InChI is InChI=1S/C12H18BrN3OS/c1-9-8-16(6-7-17-9)12(14)15-5-4-10-2-3-11(13)18-10/h2-3,9H,4-8H2,1H3,(H2,14,15). The molecule has 0 spiro atoms. The average molecular weight is 332 g/mol. The molecular weight excluding hydrogens is 314 g/mol. The minimum Gasteiger partial charge on any atom is -0.375 e. The van der Waals surface area contributed by atoms with Gasteiger partial charge in [-0.3, -0.25) is 4.99 Å². The maximum Gasteiger partial charge on any atom is 0.191 e. The molecule has 1 aliphatic heterocycles. The van der Waals surface area contributed by atoms with Crippen molar-refractivity contribution in [3.05, 3.63) is 20.8 Å². The molecule has 0 aliphatic carbocycles. The first-order valence-corrected chi connectivity index (χ1v) is 7.67. The molecule has 2 heterocycles. The van der Waals surface area contributed by atoms with E-state index in [0.717, 1.165) is 36.4 Å². The molecule has 100 valence electrons. The highest BCUT2D eigenvalue weighted by atomic mass is 79.9. The van der Waals surface area contributed by atoms with Gasteiger partial charge in [-0.15, -0.1) is 11.3 Å². The number of aliphatic imine (C=N–C) groups is 1. The fourth-order valence-electron chi connectivity index (χ4n) is 1.89. The minimum atomic E-state index is 0.237. The Labute approximate surface area is 120 Å². The second-order valence-electron chi connectivity index (χ2n) is 4.32. The molecule has 1 saturated heterocycles. The Morgan fingerprint density at radius 2 is 2.50 bits per heavy atom. The smallest absolute Gasteiger partial charge is 0.191 e. The van der Waals surface area contributed by atoms with Crippen molar-refractivity contribution in [3.8, 4) is 0 Å². The van der Waals surface area contributed by atoms with Crippen LogP contribution in [0, 0.1) is 0 Å². The quantitative estimate of drug-likeness (QED) is 0.681. The first-order valence-electron chi connectivity index (χ1n) is 6.06. The number of hydrogen-bond acceptors (Lipinski definition) is 3. The van der Waals surface area contributed by atoms with Crippen molar-refractivity contribution < 1.29 is 4.74 Å². The molecule has 1 aliphatic rings. The SMILES string of the molecule is CC1CN(C(N)=NCCc2ccc(Br)s2)CCO1. The van der Waals surface area contributed by atoms with Crippen LogP contribution in [0.4, 0.5) is 0 Å². The molecule has 2 N–H and O–H groups in total. The van der Waals surface area contributed by atoms with E-state index in [1.807, 2.05) is 0 Å². The lowest BCUT2D eigenvalue weighted by Crippen LogP contribution is -2.47. The molecule has 1 unspecified atom stereocenters. The van der Waals surface area contributed by atoms with Crippen LogP contribution in [0.15, 0.2) is 20.9 Å². The van der Waals surface area contributed by atoms with Crippen LogP contribution in [0.2, 0.25) is 0 Å². The van der Waals surface area contributed by atoms with Crippen molar-refractivity contribution in [2.24, 2.45) is 10.7 Å². The van der Waals surface area contributed by atoms with Gasteiger partial charge in [0.1, 0.15) is 0 Å². The summed E-state index contributed by atoms with van der Waals surface area (Å²) in [4.78, 5) is 7.87. The highest BCUT2D eigenvalue weighted by Gasteiger charge is 2.17. The normalized spacial score (nSPS) is 21.3. The van der Waals surface area contributed by atoms with Gasteiger partial charge in [-0.25, -0.2) is 0 Å². The third-order valence-electron chi connectivity index (χ3n) is 2.83. The number of halogens is 1. The summed E-state index contributed by atoms with van der Waals surface area (Å²) < 4.78 is 6.64. The van der Waals surface area contributed by atoms with Crippen LogP contribution in [0.3, 0.4) is 0 Å². The van der Waals surface area contributed by atoms with E-state index in [9.17, 15) is 0 Å². The van der Waals surface area contributed by atoms with Gasteiger partial charge in [0.05, 0.1) is 16.5 Å². The molecule has 0 amide bonds. The van der Waals surface area contributed by atoms with Crippen LogP contribution in [-0.2, 0) is 11.2 Å². The number of rotatable bonds is 3. The number of nitrogens with zero attached hydrogens (tertiary/aromatic N) is 2. The Kier molecular flexibility index (Phi) is 5.03. The molecule has 6 heteroatoms. The van der Waals surface area contributed by atoms with Gasteiger partial charge in [-0.2, -0.15) is 0 Å². The summed E-state index contributed by atoms with van der Waals surface area (Å²) in [7, 11) is 0. The van der Waals surface area contributed by atoms with Crippen molar-refractivity contribution >= 4 is 33.2 Å². The topological polar surface area (TPSA) is 50.8 Å². The lowest BCUT2D eigenvalue weighted by Gasteiger charge is -2.31. The fraction of sp³-hybridized carbons (Fsp3) is 0.583. The van der Waals surface area contributed by atoms with Crippen LogP contribution in [0.5, 0.6) is 0 Å². The van der Waals surface area contributed by atoms with Crippen LogP contribution < -0.4 is 5.73 Å². The summed E-state index contributed by atoms with van der Waals surface area (Å²) in [5, 5.41) is 0. The third kappa shape index (κ3) is 3.96. The molecule has 1 atom stereocenters. The van der Waals surface area contributed by atoms with Gasteiger partial charge in [0, 0.05) is 30.9 Å². The molecule has 4 nitrogen and oxygen atoms in total. The van der Waals surface area contributed by atoms with Crippen molar-refractivity contribution in [2.75, 3.05) is 26.2 Å². The molecule has 1 aromatic heterocycles. The monoisotopic (exact) mass is 331 g/mol. The van der Waals surface area contributed by atoms with Crippen LogP contribution >= 0.6 is 27.3 Å². The molecule has 0 radical (unpaired) electrons. The summed E-state index contributed by atoms with van der Waals surface area (Å²) in [6.07, 6.45) is 1.18. The van der Waals surface area contributed by atoms with Gasteiger partial charge in [0.25, 0.3) is 0 Å². The Balaban J connectivity index is 1.81. The molecule has 0 saturated carbocycles. The van der Waals surface area contributed by atoms with Crippen LogP contribution in [0.25, 0.3) is 0 Å². The zero-order valence-electron chi connectivity index (χ0n) is 10.4. The molecule has 18 heavy (non-hydrogen) atoms. The maximum absolute atomic E-state index is 5.99. The zero-order valence-corrected chi connectivity index (χ0v) is 12.8. The average Bonchev–Trinajstić information content (AvgIpc) is 2.75. The van der Waals surface area contributed by atoms with E-state index >= 15 is 0 Å². The molecule has 0 aromatic carbocycles. The molecule has 1 fully saturated rings. The van der Waals surface area contributed by atoms with Crippen molar-refractivity contribution in [1.29, 1.82) is 0 Å². The van der Waals surface area contributed by atoms with E-state index in [1.54, 1.807) is 11.3 Å². The van der Waals surface area contributed by atoms with E-state index in [2.05, 4.69) is 44.9 Å². The van der Waals surface area contributed by atoms with Gasteiger partial charge in [0.15, 0.2) is 5.96 Å². The number of guanidine groups is 1. The van der Waals surface area contributed by atoms with E-state index in [1.165, 1.54) is 4.88 Å². The summed E-state index contributed by atoms with van der Waals surface area (Å²) in [6.45, 7) is 5.20. The van der Waals surface area contributed by atoms with Crippen LogP contribution in [-0.4, -0.2) is 43.2 Å². The summed E-state index contributed by atoms with van der Waals surface area (Å²) in [5.74, 6) is 0.640. The Bertz CT molecular complexity index is 421. The zero-order chi connectivity index (χ0) is 13.0. The Morgan fingerprint density at radius 3 is 3.17 bits per heavy atom. The van der Waals surface area contributed by atoms with Crippen molar-refractivity contribution in [2.45, 2.75) is 19.4 Å². The van der Waals surface area contributed by atoms with Gasteiger partial charge in [-0.1, -0.05) is 0 Å². The van der Waals surface area contributed by atoms with Gasteiger partial charge in [0.2, 0.25) is 0 Å². The van der Waals surface area contributed by atoms with Gasteiger partial charge >= 0.3 is 0 Å². The summed E-state index contributed by atoms with van der Waals surface area (Å²) in [5.41, 5.74) is 5.99. The molecule has 0 bridgehead atoms. The number of morpholine rings is 1. The Morgan fingerprint density at radius 1 is 1.67 bits per heavy atom. The maximum atomic E-state index is 5.99.